The molecule has 8 rings (SSSR count). The number of carbonyl (C=O) groups is 10. The number of benzene rings is 2. The van der Waals surface area contributed by atoms with Crippen molar-refractivity contribution < 1.29 is 57.4 Å². The van der Waals surface area contributed by atoms with Gasteiger partial charge in [-0.15, -0.1) is 11.3 Å². The second-order valence-corrected chi connectivity index (χ2v) is 29.1. The van der Waals surface area contributed by atoms with E-state index >= 15 is 0 Å². The van der Waals surface area contributed by atoms with Crippen LogP contribution in [-0.4, -0.2) is 220 Å². The number of aryl methyl sites for hydroxylation is 4. The first kappa shape index (κ1) is 81.3. The van der Waals surface area contributed by atoms with Gasteiger partial charge in [-0.3, -0.25) is 43.4 Å². The zero-order valence-corrected chi connectivity index (χ0v) is 63.8. The summed E-state index contributed by atoms with van der Waals surface area (Å²) in [7, 11) is 0. The van der Waals surface area contributed by atoms with Crippen LogP contribution in [-0.2, 0) is 54.3 Å². The Morgan fingerprint density at radius 2 is 1.13 bits per heavy atom. The predicted molar refractivity (Wildman–Crippen MR) is 401 cm³/mol. The first-order valence-electron chi connectivity index (χ1n) is 34.8. The van der Waals surface area contributed by atoms with Crippen LogP contribution in [0.25, 0.3) is 0 Å². The number of aromatic nitrogens is 6. The molecular formula is C71H92Cl2N18O12S2. The van der Waals surface area contributed by atoms with Crippen molar-refractivity contribution in [2.45, 2.75) is 126 Å². The molecule has 2 saturated heterocycles. The number of thiazole rings is 2. The summed E-state index contributed by atoms with van der Waals surface area (Å²) >= 11 is 15.1. The van der Waals surface area contributed by atoms with Crippen molar-refractivity contribution in [3.63, 3.8) is 0 Å². The lowest BCUT2D eigenvalue weighted by Gasteiger charge is -2.35. The molecule has 2 fully saturated rings. The number of para-hydroxylation sites is 2. The molecule has 34 heteroatoms. The fraction of sp³-hybridized carbons (Fsp3) is 0.493. The number of esters is 2. The van der Waals surface area contributed by atoms with E-state index in [-0.39, 0.29) is 63.3 Å². The second kappa shape index (κ2) is 39.1. The molecule has 0 spiro atoms. The minimum atomic E-state index is -1.50. The Labute approximate surface area is 628 Å². The molecule has 4 aromatic heterocycles. The van der Waals surface area contributed by atoms with E-state index in [1.165, 1.54) is 35.6 Å². The fourth-order valence-electron chi connectivity index (χ4n) is 11.6. The summed E-state index contributed by atoms with van der Waals surface area (Å²) in [5.74, 6) is -3.47. The van der Waals surface area contributed by atoms with Gasteiger partial charge in [0.15, 0.2) is 5.13 Å². The maximum absolute atomic E-state index is 14.5. The molecule has 2 aliphatic rings. The van der Waals surface area contributed by atoms with Gasteiger partial charge in [-0.25, -0.2) is 39.5 Å². The van der Waals surface area contributed by atoms with Crippen LogP contribution in [0, 0.1) is 39.5 Å². The van der Waals surface area contributed by atoms with E-state index in [2.05, 4.69) is 81.7 Å². The van der Waals surface area contributed by atoms with Crippen LogP contribution in [0.4, 0.5) is 34.0 Å². The minimum Gasteiger partial charge on any atom is -0.463 e. The summed E-state index contributed by atoms with van der Waals surface area (Å²) in [6.45, 7) is 22.6. The smallest absolute Gasteiger partial charge is 0.328 e. The first-order chi connectivity index (χ1) is 50.1. The molecule has 564 valence electrons. The SMILES string of the molecule is CCN(CC(=O)NC(CCC=O)C(=O)NC(CCC(=O)NC(C(=O)OCCN1CCN(c2cc(Nc3ncc(C(=O)Nc4c(C)cccc4Cl)s3)nc(C)n2)CC1)C(C)C)C(=O)NC(C(=O)OCCN1CCN(c2cc(Cc3ncc(C(=O)Nc4c(C)cccc4Cl)s3)nc(C)n2)CC1)C(C)C)C(C)=O. The van der Waals surface area contributed by atoms with Crippen molar-refractivity contribution in [1.29, 1.82) is 0 Å². The second-order valence-electron chi connectivity index (χ2n) is 26.2. The number of amides is 7. The van der Waals surface area contributed by atoms with Crippen LogP contribution in [0.1, 0.15) is 120 Å². The topological polar surface area (TPSA) is 367 Å². The normalized spacial score (nSPS) is 14.5. The summed E-state index contributed by atoms with van der Waals surface area (Å²) in [5, 5.41) is 21.6. The summed E-state index contributed by atoms with van der Waals surface area (Å²) < 4.78 is 11.5. The van der Waals surface area contributed by atoms with E-state index in [9.17, 15) is 47.9 Å². The lowest BCUT2D eigenvalue weighted by Crippen LogP contribution is -2.57. The maximum atomic E-state index is 14.5. The molecule has 105 heavy (non-hydrogen) atoms. The van der Waals surface area contributed by atoms with Crippen LogP contribution in [0.15, 0.2) is 60.9 Å². The highest BCUT2D eigenvalue weighted by Crippen LogP contribution is 2.31. The van der Waals surface area contributed by atoms with Crippen LogP contribution in [0.5, 0.6) is 0 Å². The number of hydrogen-bond acceptors (Lipinski definition) is 25. The van der Waals surface area contributed by atoms with Crippen LogP contribution >= 0.6 is 45.9 Å². The molecule has 0 aliphatic carbocycles. The Hall–Kier alpha value is -9.34. The molecule has 0 saturated carbocycles. The number of nitrogens with zero attached hydrogens (tertiary/aromatic N) is 11. The van der Waals surface area contributed by atoms with E-state index in [1.54, 1.807) is 53.7 Å². The number of carbonyl (C=O) groups excluding carboxylic acids is 10. The molecule has 6 aromatic rings. The number of hydrogen-bond donors (Lipinski definition) is 7. The van der Waals surface area contributed by atoms with E-state index in [4.69, 9.17) is 37.7 Å². The van der Waals surface area contributed by atoms with Gasteiger partial charge in [0, 0.05) is 110 Å². The fourth-order valence-corrected chi connectivity index (χ4v) is 13.7. The van der Waals surface area contributed by atoms with E-state index in [0.29, 0.717) is 143 Å². The quantitative estimate of drug-likeness (QED) is 0.0165. The number of ether oxygens (including phenoxy) is 2. The van der Waals surface area contributed by atoms with Gasteiger partial charge in [-0.05, 0) is 82.6 Å². The van der Waals surface area contributed by atoms with Gasteiger partial charge >= 0.3 is 11.9 Å². The number of rotatable bonds is 35. The van der Waals surface area contributed by atoms with Crippen LogP contribution in [0.2, 0.25) is 10.0 Å². The lowest BCUT2D eigenvalue weighted by molar-refractivity contribution is -0.150. The highest BCUT2D eigenvalue weighted by atomic mass is 35.5. The molecule has 0 bridgehead atoms. The molecule has 30 nitrogen and oxygen atoms in total. The third-order valence-corrected chi connectivity index (χ3v) is 20.1. The molecule has 2 aromatic carbocycles. The molecule has 7 amide bonds. The maximum Gasteiger partial charge on any atom is 0.328 e. The van der Waals surface area contributed by atoms with Gasteiger partial charge in [0.05, 0.1) is 51.1 Å². The van der Waals surface area contributed by atoms with Crippen molar-refractivity contribution in [2.75, 3.05) is 118 Å². The number of aldehydes is 1. The van der Waals surface area contributed by atoms with Crippen LogP contribution < -0.4 is 47.0 Å². The highest BCUT2D eigenvalue weighted by Gasteiger charge is 2.34. The lowest BCUT2D eigenvalue weighted by atomic mass is 10.0. The zero-order chi connectivity index (χ0) is 76.0. The standard InChI is InChI=1S/C71H92Cl2N18O12S2/c1-11-89(47(10)93)40-59(95)80-51(19-14-32-92)65(96)81-52(66(97)84-62(42(4)5)70(101)103-34-31-87-22-26-90(27-23-87)56-35-48(76-45(8)78-56)36-60-74-38-53(104-60)67(98)85-63-43(6)15-12-17-49(63)72)20-21-58(94)83-61(41(2)3)69(100)102-33-30-88-24-28-91(29-25-88)57-37-55(77-46(9)79-57)82-71-75-39-54(105-71)68(99)86-64-44(7)16-13-18-50(64)73/h12-13,15-18,32,35,37-39,41-42,51-52,61-62H,11,14,19-31,33-34,36,40H2,1-10H3,(H,80,95)(H,81,96)(H,83,94)(H,84,97)(H,85,98)(H,86,99)(H,75,77,79,82). The van der Waals surface area contributed by atoms with Gasteiger partial charge < -0.3 is 66.2 Å². The third-order valence-electron chi connectivity index (χ3n) is 17.5. The molecule has 6 heterocycles. The number of piperazine rings is 2. The van der Waals surface area contributed by atoms with E-state index in [0.717, 1.165) is 34.0 Å². The Kier molecular flexibility index (Phi) is 30.3. The number of halogens is 2. The summed E-state index contributed by atoms with van der Waals surface area (Å²) in [4.78, 5) is 171. The summed E-state index contributed by atoms with van der Waals surface area (Å²) in [5.41, 5.74) is 3.47. The monoisotopic (exact) mass is 1520 g/mol. The molecule has 4 atom stereocenters. The van der Waals surface area contributed by atoms with Crippen LogP contribution in [0.3, 0.4) is 0 Å². The Bertz CT molecular complexity index is 4030. The van der Waals surface area contributed by atoms with Crippen molar-refractivity contribution in [3.8, 4) is 0 Å². The Balaban J connectivity index is 0.821. The van der Waals surface area contributed by atoms with Crippen molar-refractivity contribution >= 4 is 139 Å². The number of likely N-dealkylation sites (N-methyl/N-ethyl adjacent to an activating group) is 1. The van der Waals surface area contributed by atoms with Gasteiger partial charge in [-0.1, -0.05) is 86.5 Å². The van der Waals surface area contributed by atoms with Gasteiger partial charge in [0.25, 0.3) is 11.8 Å². The third kappa shape index (κ3) is 24.1. The van der Waals surface area contributed by atoms with Crippen molar-refractivity contribution in [1.82, 2.24) is 65.9 Å². The molecule has 7 N–H and O–H groups in total. The zero-order valence-electron chi connectivity index (χ0n) is 60.6. The van der Waals surface area contributed by atoms with E-state index in [1.807, 2.05) is 57.2 Å². The van der Waals surface area contributed by atoms with Gasteiger partial charge in [0.2, 0.25) is 29.5 Å². The first-order valence-corrected chi connectivity index (χ1v) is 37.2. The molecule has 0 radical (unpaired) electrons. The molecule has 4 unspecified atom stereocenters. The summed E-state index contributed by atoms with van der Waals surface area (Å²) in [6.07, 6.45) is 2.89. The summed E-state index contributed by atoms with van der Waals surface area (Å²) in [6, 6.07) is 9.32. The van der Waals surface area contributed by atoms with Gasteiger partial charge in [0.1, 0.15) is 82.5 Å². The highest BCUT2D eigenvalue weighted by molar-refractivity contribution is 7.17. The van der Waals surface area contributed by atoms with Crippen molar-refractivity contribution in [2.24, 2.45) is 11.8 Å². The Morgan fingerprint density at radius 3 is 1.67 bits per heavy atom. The largest absolute Gasteiger partial charge is 0.463 e. The minimum absolute atomic E-state index is 0.0184. The average Bonchev–Trinajstić information content (AvgIpc) is 1.82. The molecular weight excluding hydrogens is 1430 g/mol. The van der Waals surface area contributed by atoms with Gasteiger partial charge in [-0.2, -0.15) is 0 Å². The predicted octanol–water partition coefficient (Wildman–Crippen LogP) is 6.47. The van der Waals surface area contributed by atoms with E-state index < -0.39 is 78.0 Å². The molecule has 2 aliphatic heterocycles. The number of nitrogens with one attached hydrogen (secondary N) is 7. The van der Waals surface area contributed by atoms with Crippen molar-refractivity contribution in [3.05, 3.63) is 114 Å². The number of anilines is 6. The Morgan fingerprint density at radius 1 is 0.619 bits per heavy atom. The average molecular weight is 1520 g/mol.